The molecule has 7 heteroatoms. The number of hydrogen-bond donors (Lipinski definition) is 2. The highest BCUT2D eigenvalue weighted by Crippen LogP contribution is 2.29. The van der Waals surface area contributed by atoms with Crippen molar-refractivity contribution < 1.29 is 4.92 Å². The lowest BCUT2D eigenvalue weighted by molar-refractivity contribution is -0.388. The first-order valence-electron chi connectivity index (χ1n) is 7.13. The molecule has 0 aliphatic carbocycles. The first kappa shape index (κ1) is 14.8. The number of aryl methyl sites for hydroxylation is 1. The predicted octanol–water partition coefficient (Wildman–Crippen LogP) is 1.92. The summed E-state index contributed by atoms with van der Waals surface area (Å²) in [6, 6.07) is 0. The Morgan fingerprint density at radius 1 is 1.60 bits per heavy atom. The van der Waals surface area contributed by atoms with Crippen LogP contribution in [0.3, 0.4) is 0 Å². The molecule has 112 valence electrons. The van der Waals surface area contributed by atoms with Crippen LogP contribution in [-0.2, 0) is 6.54 Å². The average molecular weight is 281 g/mol. The number of aromatic nitrogens is 2. The first-order valence-corrected chi connectivity index (χ1v) is 7.13. The average Bonchev–Trinajstić information content (AvgIpc) is 2.73. The summed E-state index contributed by atoms with van der Waals surface area (Å²) in [5.74, 6) is 1.13. The molecule has 0 spiro atoms. The summed E-state index contributed by atoms with van der Waals surface area (Å²) < 4.78 is 1.86. The molecule has 2 N–H and O–H groups in total. The summed E-state index contributed by atoms with van der Waals surface area (Å²) in [7, 11) is 0. The summed E-state index contributed by atoms with van der Waals surface area (Å²) in [4.78, 5) is 14.8. The van der Waals surface area contributed by atoms with Gasteiger partial charge in [-0.1, -0.05) is 6.92 Å². The fourth-order valence-corrected chi connectivity index (χ4v) is 2.80. The summed E-state index contributed by atoms with van der Waals surface area (Å²) in [6.45, 7) is 9.35. The van der Waals surface area contributed by atoms with Crippen LogP contribution >= 0.6 is 0 Å². The summed E-state index contributed by atoms with van der Waals surface area (Å²) in [5.41, 5.74) is 0.128. The van der Waals surface area contributed by atoms with E-state index >= 15 is 0 Å². The van der Waals surface area contributed by atoms with E-state index in [0.717, 1.165) is 25.9 Å². The van der Waals surface area contributed by atoms with Gasteiger partial charge in [0, 0.05) is 26.6 Å². The topological polar surface area (TPSA) is 85.0 Å². The molecule has 1 aliphatic heterocycles. The highest BCUT2D eigenvalue weighted by Gasteiger charge is 2.30. The third-order valence-electron chi connectivity index (χ3n) is 4.00. The van der Waals surface area contributed by atoms with Crippen LogP contribution in [0.15, 0.2) is 0 Å². The molecule has 1 saturated heterocycles. The van der Waals surface area contributed by atoms with Crippen molar-refractivity contribution in [2.75, 3.05) is 25.0 Å². The van der Waals surface area contributed by atoms with Gasteiger partial charge in [-0.25, -0.2) is 0 Å². The zero-order valence-corrected chi connectivity index (χ0v) is 12.4. The van der Waals surface area contributed by atoms with E-state index in [1.165, 1.54) is 0 Å². The SMILES string of the molecule is CCn1c(C)nc([N+](=O)[O-])c1NCC1(C)CCCNC1. The third kappa shape index (κ3) is 2.92. The fourth-order valence-electron chi connectivity index (χ4n) is 2.80. The lowest BCUT2D eigenvalue weighted by atomic mass is 9.83. The first-order chi connectivity index (χ1) is 9.47. The second kappa shape index (κ2) is 5.78. The molecule has 7 nitrogen and oxygen atoms in total. The van der Waals surface area contributed by atoms with Crippen molar-refractivity contribution in [2.45, 2.75) is 40.2 Å². The van der Waals surface area contributed by atoms with Gasteiger partial charge in [0.1, 0.15) is 0 Å². The molecule has 2 heterocycles. The third-order valence-corrected chi connectivity index (χ3v) is 4.00. The molecule has 1 unspecified atom stereocenters. The molecular formula is C13H23N5O2. The van der Waals surface area contributed by atoms with Gasteiger partial charge >= 0.3 is 5.82 Å². The van der Waals surface area contributed by atoms with Crippen LogP contribution in [0.2, 0.25) is 0 Å². The Hall–Kier alpha value is -1.63. The maximum atomic E-state index is 11.1. The second-order valence-corrected chi connectivity index (χ2v) is 5.78. The molecule has 0 amide bonds. The smallest absolute Gasteiger partial charge is 0.364 e. The lowest BCUT2D eigenvalue weighted by Crippen LogP contribution is -2.42. The van der Waals surface area contributed by atoms with Crippen molar-refractivity contribution in [3.8, 4) is 0 Å². The molecule has 1 aliphatic rings. The minimum Gasteiger partial charge on any atom is -0.364 e. The van der Waals surface area contributed by atoms with Gasteiger partial charge in [-0.2, -0.15) is 0 Å². The van der Waals surface area contributed by atoms with Crippen molar-refractivity contribution >= 4 is 11.6 Å². The van der Waals surface area contributed by atoms with Crippen molar-refractivity contribution in [1.29, 1.82) is 0 Å². The van der Waals surface area contributed by atoms with Crippen LogP contribution in [0.4, 0.5) is 11.6 Å². The quantitative estimate of drug-likeness (QED) is 0.636. The molecule has 0 aromatic carbocycles. The number of nitrogens with zero attached hydrogens (tertiary/aromatic N) is 3. The minimum absolute atomic E-state index is 0.0725. The zero-order chi connectivity index (χ0) is 14.8. The van der Waals surface area contributed by atoms with E-state index in [2.05, 4.69) is 22.5 Å². The fraction of sp³-hybridized carbons (Fsp3) is 0.769. The number of piperidine rings is 1. The van der Waals surface area contributed by atoms with E-state index in [1.54, 1.807) is 6.92 Å². The van der Waals surface area contributed by atoms with E-state index in [-0.39, 0.29) is 11.2 Å². The monoisotopic (exact) mass is 281 g/mol. The number of hydrogen-bond acceptors (Lipinski definition) is 5. The Labute approximate surface area is 118 Å². The van der Waals surface area contributed by atoms with Gasteiger partial charge in [-0.3, -0.25) is 4.57 Å². The minimum atomic E-state index is -0.414. The van der Waals surface area contributed by atoms with E-state index in [9.17, 15) is 10.1 Å². The standard InChI is InChI=1S/C13H23N5O2/c1-4-17-10(2)16-12(18(19)20)11(17)15-9-13(3)6-5-7-14-8-13/h14-15H,4-9H2,1-3H3. The molecule has 1 aromatic rings. The molecule has 0 saturated carbocycles. The van der Waals surface area contributed by atoms with Gasteiger partial charge in [-0.15, -0.1) is 0 Å². The van der Waals surface area contributed by atoms with Gasteiger partial charge in [-0.05, 0) is 41.6 Å². The van der Waals surface area contributed by atoms with Gasteiger partial charge < -0.3 is 20.7 Å². The van der Waals surface area contributed by atoms with Crippen LogP contribution in [0, 0.1) is 22.5 Å². The largest absolute Gasteiger partial charge is 0.406 e. The lowest BCUT2D eigenvalue weighted by Gasteiger charge is -2.34. The molecule has 1 atom stereocenters. The second-order valence-electron chi connectivity index (χ2n) is 5.78. The maximum Gasteiger partial charge on any atom is 0.406 e. The zero-order valence-electron chi connectivity index (χ0n) is 12.4. The van der Waals surface area contributed by atoms with Crippen LogP contribution < -0.4 is 10.6 Å². The van der Waals surface area contributed by atoms with Crippen molar-refractivity contribution in [3.63, 3.8) is 0 Å². The normalized spacial score (nSPS) is 22.8. The van der Waals surface area contributed by atoms with Gasteiger partial charge in [0.2, 0.25) is 11.6 Å². The summed E-state index contributed by atoms with van der Waals surface area (Å²) >= 11 is 0. The van der Waals surface area contributed by atoms with E-state index in [4.69, 9.17) is 0 Å². The molecule has 0 bridgehead atoms. The van der Waals surface area contributed by atoms with Crippen LogP contribution in [-0.4, -0.2) is 34.1 Å². The van der Waals surface area contributed by atoms with Crippen LogP contribution in [0.1, 0.15) is 32.5 Å². The Balaban J connectivity index is 2.17. The van der Waals surface area contributed by atoms with Crippen molar-refractivity contribution in [3.05, 3.63) is 15.9 Å². The van der Waals surface area contributed by atoms with E-state index in [0.29, 0.717) is 24.7 Å². The Morgan fingerprint density at radius 2 is 2.35 bits per heavy atom. The molecule has 1 fully saturated rings. The summed E-state index contributed by atoms with van der Waals surface area (Å²) in [5, 5.41) is 17.8. The molecule has 1 aromatic heterocycles. The summed E-state index contributed by atoms with van der Waals surface area (Å²) in [6.07, 6.45) is 2.27. The maximum absolute atomic E-state index is 11.1. The Bertz CT molecular complexity index is 491. The van der Waals surface area contributed by atoms with E-state index < -0.39 is 4.92 Å². The number of anilines is 1. The Morgan fingerprint density at radius 3 is 2.90 bits per heavy atom. The number of imidazole rings is 1. The van der Waals surface area contributed by atoms with E-state index in [1.807, 2.05) is 11.5 Å². The number of nitrogens with one attached hydrogen (secondary N) is 2. The molecule has 0 radical (unpaired) electrons. The number of nitro groups is 1. The van der Waals surface area contributed by atoms with Crippen LogP contribution in [0.5, 0.6) is 0 Å². The predicted molar refractivity (Wildman–Crippen MR) is 78.0 cm³/mol. The van der Waals surface area contributed by atoms with Crippen molar-refractivity contribution in [2.24, 2.45) is 5.41 Å². The number of rotatable bonds is 5. The van der Waals surface area contributed by atoms with Gasteiger partial charge in [0.05, 0.1) is 0 Å². The highest BCUT2D eigenvalue weighted by atomic mass is 16.6. The molecule has 20 heavy (non-hydrogen) atoms. The van der Waals surface area contributed by atoms with Gasteiger partial charge in [0.25, 0.3) is 0 Å². The van der Waals surface area contributed by atoms with Crippen LogP contribution in [0.25, 0.3) is 0 Å². The highest BCUT2D eigenvalue weighted by molar-refractivity contribution is 5.53. The molecular weight excluding hydrogens is 258 g/mol. The van der Waals surface area contributed by atoms with Gasteiger partial charge in [0.15, 0.2) is 0 Å². The Kier molecular flexibility index (Phi) is 4.27. The molecule has 2 rings (SSSR count). The van der Waals surface area contributed by atoms with Crippen molar-refractivity contribution in [1.82, 2.24) is 14.9 Å².